The van der Waals surface area contributed by atoms with Crippen molar-refractivity contribution in [2.75, 3.05) is 27.2 Å². The lowest BCUT2D eigenvalue weighted by Gasteiger charge is -2.26. The van der Waals surface area contributed by atoms with Gasteiger partial charge in [0.25, 0.3) is 0 Å². The Labute approximate surface area is 143 Å². The van der Waals surface area contributed by atoms with Gasteiger partial charge in [-0.2, -0.15) is 5.10 Å². The van der Waals surface area contributed by atoms with Crippen molar-refractivity contribution >= 4 is 5.96 Å². The summed E-state index contributed by atoms with van der Waals surface area (Å²) in [7, 11) is 6.04. The fraction of sp³-hybridized carbons (Fsp3) is 0.471. The molecule has 0 aliphatic carbocycles. The maximum Gasteiger partial charge on any atom is 0.191 e. The molecule has 7 nitrogen and oxygen atoms in total. The van der Waals surface area contributed by atoms with Crippen LogP contribution in [-0.2, 0) is 13.6 Å². The van der Waals surface area contributed by atoms with Gasteiger partial charge in [0.05, 0.1) is 6.04 Å². The number of aryl methyl sites for hydroxylation is 1. The summed E-state index contributed by atoms with van der Waals surface area (Å²) in [6, 6.07) is 10.7. The number of guanidine groups is 1. The summed E-state index contributed by atoms with van der Waals surface area (Å²) in [5.74, 6) is 1.61. The maximum atomic E-state index is 4.59. The summed E-state index contributed by atoms with van der Waals surface area (Å²) in [4.78, 5) is 11.0. The van der Waals surface area contributed by atoms with Crippen LogP contribution < -0.4 is 10.6 Å². The maximum absolute atomic E-state index is 4.59. The smallest absolute Gasteiger partial charge is 0.191 e. The Kier molecular flexibility index (Phi) is 6.74. The lowest BCUT2D eigenvalue weighted by atomic mass is 10.1. The molecule has 24 heavy (non-hydrogen) atoms. The van der Waals surface area contributed by atoms with E-state index in [0.717, 1.165) is 24.9 Å². The topological polar surface area (TPSA) is 70.4 Å². The van der Waals surface area contributed by atoms with E-state index in [2.05, 4.69) is 75.9 Å². The zero-order valence-corrected chi connectivity index (χ0v) is 14.9. The van der Waals surface area contributed by atoms with Gasteiger partial charge in [0, 0.05) is 20.1 Å². The molecule has 7 heteroatoms. The van der Waals surface area contributed by atoms with Crippen molar-refractivity contribution in [3.8, 4) is 0 Å². The zero-order chi connectivity index (χ0) is 17.4. The van der Waals surface area contributed by atoms with E-state index in [9.17, 15) is 0 Å². The van der Waals surface area contributed by atoms with Gasteiger partial charge >= 0.3 is 0 Å². The Balaban J connectivity index is 2.02. The molecule has 1 unspecified atom stereocenters. The molecule has 2 aromatic rings. The van der Waals surface area contributed by atoms with Crippen LogP contribution in [0.1, 0.15) is 24.4 Å². The Morgan fingerprint density at radius 2 is 2.00 bits per heavy atom. The van der Waals surface area contributed by atoms with Gasteiger partial charge in [0.1, 0.15) is 18.7 Å². The van der Waals surface area contributed by atoms with Crippen molar-refractivity contribution in [1.82, 2.24) is 30.3 Å². The molecule has 0 radical (unpaired) electrons. The van der Waals surface area contributed by atoms with Crippen molar-refractivity contribution in [3.63, 3.8) is 0 Å². The molecule has 1 aromatic carbocycles. The molecule has 0 bridgehead atoms. The summed E-state index contributed by atoms with van der Waals surface area (Å²) < 4.78 is 1.74. The Hall–Kier alpha value is -2.41. The first-order chi connectivity index (χ1) is 11.6. The highest BCUT2D eigenvalue weighted by Gasteiger charge is 2.14. The molecule has 2 rings (SSSR count). The lowest BCUT2D eigenvalue weighted by molar-refractivity contribution is 0.298. The summed E-state index contributed by atoms with van der Waals surface area (Å²) in [6.45, 7) is 4.12. The molecule has 1 heterocycles. The molecule has 0 saturated carbocycles. The van der Waals surface area contributed by atoms with E-state index in [-0.39, 0.29) is 6.04 Å². The number of nitrogens with one attached hydrogen (secondary N) is 2. The van der Waals surface area contributed by atoms with Crippen molar-refractivity contribution < 1.29 is 0 Å². The molecule has 0 spiro atoms. The monoisotopic (exact) mass is 329 g/mol. The highest BCUT2D eigenvalue weighted by molar-refractivity contribution is 5.79. The first-order valence-corrected chi connectivity index (χ1v) is 8.18. The fourth-order valence-electron chi connectivity index (χ4n) is 2.42. The minimum absolute atomic E-state index is 0.268. The van der Waals surface area contributed by atoms with Crippen LogP contribution >= 0.6 is 0 Å². The summed E-state index contributed by atoms with van der Waals surface area (Å²) in [5, 5.41) is 10.8. The molecule has 1 aromatic heterocycles. The van der Waals surface area contributed by atoms with E-state index in [4.69, 9.17) is 0 Å². The molecule has 2 N–H and O–H groups in total. The third-order valence-corrected chi connectivity index (χ3v) is 3.80. The number of nitrogens with zero attached hydrogens (tertiary/aromatic N) is 5. The number of hydrogen-bond donors (Lipinski definition) is 2. The molecule has 0 aliphatic rings. The minimum atomic E-state index is 0.268. The second-order valence-electron chi connectivity index (χ2n) is 5.77. The van der Waals surface area contributed by atoms with Crippen LogP contribution in [0.15, 0.2) is 41.7 Å². The summed E-state index contributed by atoms with van der Waals surface area (Å²) in [6.07, 6.45) is 1.54. The standard InChI is InChI=1S/C17H27N7/c1-5-18-17(20-12-16-21-13-22-24(16)4)19-11-15(23(2)3)14-9-7-6-8-10-14/h6-10,13,15H,5,11-12H2,1-4H3,(H2,18,19,20). The van der Waals surface area contributed by atoms with E-state index < -0.39 is 0 Å². The minimum Gasteiger partial charge on any atom is -0.357 e. The zero-order valence-electron chi connectivity index (χ0n) is 14.9. The summed E-state index contributed by atoms with van der Waals surface area (Å²) in [5.41, 5.74) is 1.28. The van der Waals surface area contributed by atoms with Gasteiger partial charge in [-0.1, -0.05) is 30.3 Å². The van der Waals surface area contributed by atoms with Gasteiger partial charge in [-0.15, -0.1) is 0 Å². The Morgan fingerprint density at radius 3 is 2.58 bits per heavy atom. The average Bonchev–Trinajstić information content (AvgIpc) is 2.98. The molecule has 0 aliphatic heterocycles. The first-order valence-electron chi connectivity index (χ1n) is 8.18. The molecule has 0 fully saturated rings. The van der Waals surface area contributed by atoms with Crippen LogP contribution in [0, 0.1) is 0 Å². The number of rotatable bonds is 7. The van der Waals surface area contributed by atoms with Crippen LogP contribution in [0.2, 0.25) is 0 Å². The third-order valence-electron chi connectivity index (χ3n) is 3.80. The summed E-state index contributed by atoms with van der Waals surface area (Å²) >= 11 is 0. The van der Waals surface area contributed by atoms with Crippen molar-refractivity contribution in [2.45, 2.75) is 19.5 Å². The predicted molar refractivity (Wildman–Crippen MR) is 96.7 cm³/mol. The van der Waals surface area contributed by atoms with E-state index in [1.54, 1.807) is 11.0 Å². The first kappa shape index (κ1) is 17.9. The highest BCUT2D eigenvalue weighted by atomic mass is 15.3. The molecular formula is C17H27N7. The number of likely N-dealkylation sites (N-methyl/N-ethyl adjacent to an activating group) is 1. The van der Waals surface area contributed by atoms with Crippen LogP contribution in [0.3, 0.4) is 0 Å². The largest absolute Gasteiger partial charge is 0.357 e. The quantitative estimate of drug-likeness (QED) is 0.589. The van der Waals surface area contributed by atoms with E-state index >= 15 is 0 Å². The van der Waals surface area contributed by atoms with Gasteiger partial charge in [0.15, 0.2) is 5.96 Å². The van der Waals surface area contributed by atoms with Crippen molar-refractivity contribution in [2.24, 2.45) is 12.0 Å². The molecule has 1 atom stereocenters. The molecular weight excluding hydrogens is 302 g/mol. The fourth-order valence-corrected chi connectivity index (χ4v) is 2.42. The second kappa shape index (κ2) is 9.02. The normalized spacial score (nSPS) is 13.1. The number of aromatic nitrogens is 3. The van der Waals surface area contributed by atoms with Crippen LogP contribution in [0.25, 0.3) is 0 Å². The second-order valence-corrected chi connectivity index (χ2v) is 5.77. The third kappa shape index (κ3) is 5.06. The van der Waals surface area contributed by atoms with E-state index in [1.165, 1.54) is 5.56 Å². The van der Waals surface area contributed by atoms with Gasteiger partial charge in [-0.3, -0.25) is 4.68 Å². The van der Waals surface area contributed by atoms with Crippen LogP contribution in [0.5, 0.6) is 0 Å². The van der Waals surface area contributed by atoms with Crippen molar-refractivity contribution in [1.29, 1.82) is 0 Å². The SMILES string of the molecule is CCNC(=NCc1ncnn1C)NCC(c1ccccc1)N(C)C. The van der Waals surface area contributed by atoms with Gasteiger partial charge in [-0.05, 0) is 26.6 Å². The predicted octanol–water partition coefficient (Wildman–Crippen LogP) is 1.17. The van der Waals surface area contributed by atoms with E-state index in [1.807, 2.05) is 13.1 Å². The van der Waals surface area contributed by atoms with E-state index in [0.29, 0.717) is 6.54 Å². The molecule has 0 saturated heterocycles. The number of hydrogen-bond acceptors (Lipinski definition) is 4. The van der Waals surface area contributed by atoms with Gasteiger partial charge in [0.2, 0.25) is 0 Å². The van der Waals surface area contributed by atoms with Crippen LogP contribution in [0.4, 0.5) is 0 Å². The highest BCUT2D eigenvalue weighted by Crippen LogP contribution is 2.16. The Morgan fingerprint density at radius 1 is 1.25 bits per heavy atom. The molecule has 130 valence electrons. The average molecular weight is 329 g/mol. The van der Waals surface area contributed by atoms with Crippen LogP contribution in [-0.4, -0.2) is 52.8 Å². The van der Waals surface area contributed by atoms with Crippen molar-refractivity contribution in [3.05, 3.63) is 48.0 Å². The Bertz CT molecular complexity index is 633. The van der Waals surface area contributed by atoms with Gasteiger partial charge < -0.3 is 15.5 Å². The number of benzene rings is 1. The number of aliphatic imine (C=N–C) groups is 1. The molecule has 0 amide bonds. The van der Waals surface area contributed by atoms with Gasteiger partial charge in [-0.25, -0.2) is 9.98 Å². The lowest BCUT2D eigenvalue weighted by Crippen LogP contribution is -2.41.